The minimum absolute atomic E-state index is 0.00888. The zero-order valence-electron chi connectivity index (χ0n) is 18.5. The van der Waals surface area contributed by atoms with Crippen LogP contribution in [0.3, 0.4) is 0 Å². The van der Waals surface area contributed by atoms with Gasteiger partial charge in [0.25, 0.3) is 0 Å². The lowest BCUT2D eigenvalue weighted by Gasteiger charge is -2.47. The van der Waals surface area contributed by atoms with Crippen LogP contribution in [-0.4, -0.2) is 39.2 Å². The van der Waals surface area contributed by atoms with Crippen molar-refractivity contribution in [3.63, 3.8) is 0 Å². The van der Waals surface area contributed by atoms with Gasteiger partial charge in [0, 0.05) is 29.6 Å². The second kappa shape index (κ2) is 7.62. The highest BCUT2D eigenvalue weighted by Crippen LogP contribution is 2.42. The molecule has 4 aromatic rings. The Bertz CT molecular complexity index is 1360. The first-order chi connectivity index (χ1) is 16.1. The molecule has 33 heavy (non-hydrogen) atoms. The molecule has 2 aliphatic heterocycles. The maximum absolute atomic E-state index is 13.7. The second-order valence-electron chi connectivity index (χ2n) is 9.08. The van der Waals surface area contributed by atoms with Gasteiger partial charge in [0.15, 0.2) is 0 Å². The summed E-state index contributed by atoms with van der Waals surface area (Å²) in [4.78, 5) is 34.4. The normalized spacial score (nSPS) is 20.2. The summed E-state index contributed by atoms with van der Waals surface area (Å²) in [7, 11) is 0. The molecule has 2 atom stereocenters. The van der Waals surface area contributed by atoms with Crippen LogP contribution in [0.4, 0.5) is 0 Å². The molecule has 1 fully saturated rings. The molecule has 0 bridgehead atoms. The lowest BCUT2D eigenvalue weighted by Crippen LogP contribution is -2.62. The Morgan fingerprint density at radius 3 is 2.42 bits per heavy atom. The smallest absolute Gasteiger partial charge is 0.246 e. The van der Waals surface area contributed by atoms with E-state index in [1.54, 1.807) is 4.90 Å². The average molecular weight is 436 g/mol. The fourth-order valence-corrected chi connectivity index (χ4v) is 5.36. The molecule has 6 rings (SSSR count). The number of aryl methyl sites for hydroxylation is 1. The van der Waals surface area contributed by atoms with E-state index in [0.717, 1.165) is 38.9 Å². The molecular weight excluding hydrogens is 410 g/mol. The number of aromatic nitrogens is 1. The SMILES string of the molecule is Cc1ccc([C@H]2c3[nH]c4ccccc4c3C[C@H]3C(=O)N(Cc4ccccc4)CC(=O)N23)cc1. The molecule has 164 valence electrons. The number of aromatic amines is 1. The number of H-pyrrole nitrogens is 1. The summed E-state index contributed by atoms with van der Waals surface area (Å²) in [6.07, 6.45) is 0.525. The number of piperazine rings is 1. The van der Waals surface area contributed by atoms with Crippen LogP contribution in [0.25, 0.3) is 10.9 Å². The number of fused-ring (bicyclic) bond motifs is 4. The topological polar surface area (TPSA) is 56.4 Å². The molecule has 1 aromatic heterocycles. The quantitative estimate of drug-likeness (QED) is 0.520. The largest absolute Gasteiger partial charge is 0.356 e. The van der Waals surface area contributed by atoms with Crippen molar-refractivity contribution in [2.75, 3.05) is 6.54 Å². The molecule has 1 N–H and O–H groups in total. The summed E-state index contributed by atoms with van der Waals surface area (Å²) in [5, 5.41) is 1.13. The van der Waals surface area contributed by atoms with Gasteiger partial charge in [-0.3, -0.25) is 9.59 Å². The highest BCUT2D eigenvalue weighted by molar-refractivity contribution is 5.97. The molecule has 2 amide bonds. The molecule has 0 saturated carbocycles. The van der Waals surface area contributed by atoms with Crippen LogP contribution < -0.4 is 0 Å². The van der Waals surface area contributed by atoms with Crippen LogP contribution in [0.15, 0.2) is 78.9 Å². The average Bonchev–Trinajstić information content (AvgIpc) is 3.21. The number of hydrogen-bond donors (Lipinski definition) is 1. The predicted molar refractivity (Wildman–Crippen MR) is 128 cm³/mol. The maximum atomic E-state index is 13.7. The van der Waals surface area contributed by atoms with Crippen LogP contribution in [0.2, 0.25) is 0 Å². The number of nitrogens with one attached hydrogen (secondary N) is 1. The van der Waals surface area contributed by atoms with Gasteiger partial charge in [0.2, 0.25) is 11.8 Å². The number of nitrogens with zero attached hydrogens (tertiary/aromatic N) is 2. The summed E-state index contributed by atoms with van der Waals surface area (Å²) in [5.74, 6) is 0.0110. The van der Waals surface area contributed by atoms with E-state index in [1.807, 2.05) is 47.4 Å². The van der Waals surface area contributed by atoms with Gasteiger partial charge in [-0.2, -0.15) is 0 Å². The van der Waals surface area contributed by atoms with Gasteiger partial charge in [-0.15, -0.1) is 0 Å². The second-order valence-corrected chi connectivity index (χ2v) is 9.08. The van der Waals surface area contributed by atoms with Crippen LogP contribution in [0.1, 0.15) is 34.0 Å². The highest BCUT2D eigenvalue weighted by Gasteiger charge is 2.48. The lowest BCUT2D eigenvalue weighted by molar-refractivity contribution is -0.159. The number of carbonyl (C=O) groups is 2. The Hall–Kier alpha value is -3.86. The van der Waals surface area contributed by atoms with E-state index in [-0.39, 0.29) is 24.4 Å². The van der Waals surface area contributed by atoms with Gasteiger partial charge in [0.05, 0.1) is 6.04 Å². The van der Waals surface area contributed by atoms with Gasteiger partial charge in [-0.1, -0.05) is 78.4 Å². The molecule has 5 heteroatoms. The van der Waals surface area contributed by atoms with Crippen molar-refractivity contribution in [3.05, 3.63) is 107 Å². The molecule has 1 saturated heterocycles. The van der Waals surface area contributed by atoms with Crippen molar-refractivity contribution in [2.45, 2.75) is 32.0 Å². The highest BCUT2D eigenvalue weighted by atomic mass is 16.2. The van der Waals surface area contributed by atoms with E-state index in [4.69, 9.17) is 0 Å². The van der Waals surface area contributed by atoms with Gasteiger partial charge in [-0.05, 0) is 29.7 Å². The van der Waals surface area contributed by atoms with Gasteiger partial charge >= 0.3 is 0 Å². The van der Waals surface area contributed by atoms with Gasteiger partial charge in [-0.25, -0.2) is 0 Å². The van der Waals surface area contributed by atoms with Crippen molar-refractivity contribution in [1.29, 1.82) is 0 Å². The molecular formula is C28H25N3O2. The van der Waals surface area contributed by atoms with E-state index in [0.29, 0.717) is 13.0 Å². The Morgan fingerprint density at radius 1 is 0.909 bits per heavy atom. The third-order valence-electron chi connectivity index (χ3n) is 6.95. The predicted octanol–water partition coefficient (Wildman–Crippen LogP) is 4.36. The zero-order valence-corrected chi connectivity index (χ0v) is 18.5. The molecule has 0 spiro atoms. The number of benzene rings is 3. The van der Waals surface area contributed by atoms with Gasteiger partial charge in [0.1, 0.15) is 12.6 Å². The van der Waals surface area contributed by atoms with E-state index in [9.17, 15) is 9.59 Å². The number of para-hydroxylation sites is 1. The molecule has 2 aliphatic rings. The number of hydrogen-bond acceptors (Lipinski definition) is 2. The first-order valence-corrected chi connectivity index (χ1v) is 11.4. The summed E-state index contributed by atoms with van der Waals surface area (Å²) in [5.41, 5.74) is 6.43. The maximum Gasteiger partial charge on any atom is 0.246 e. The Kier molecular flexibility index (Phi) is 4.57. The standard InChI is InChI=1S/C28H25N3O2/c1-18-11-13-20(14-12-18)27-26-22(21-9-5-6-10-23(21)29-26)15-24-28(33)30(17-25(32)31(24)27)16-19-7-3-2-4-8-19/h2-14,24,27,29H,15-17H2,1H3/t24-,27-/m0/s1. The van der Waals surface area contributed by atoms with Crippen LogP contribution in [0.5, 0.6) is 0 Å². The van der Waals surface area contributed by atoms with Crippen molar-refractivity contribution < 1.29 is 9.59 Å². The number of rotatable bonds is 3. The summed E-state index contributed by atoms with van der Waals surface area (Å²) < 4.78 is 0. The van der Waals surface area contributed by atoms with E-state index in [2.05, 4.69) is 48.3 Å². The van der Waals surface area contributed by atoms with E-state index in [1.165, 1.54) is 0 Å². The van der Waals surface area contributed by atoms with Crippen molar-refractivity contribution >= 4 is 22.7 Å². The number of carbonyl (C=O) groups excluding carboxylic acids is 2. The molecule has 0 aliphatic carbocycles. The van der Waals surface area contributed by atoms with Gasteiger partial charge < -0.3 is 14.8 Å². The van der Waals surface area contributed by atoms with Crippen molar-refractivity contribution in [2.24, 2.45) is 0 Å². The summed E-state index contributed by atoms with van der Waals surface area (Å²) in [6, 6.07) is 25.6. The van der Waals surface area contributed by atoms with Crippen LogP contribution >= 0.6 is 0 Å². The molecule has 3 aromatic carbocycles. The summed E-state index contributed by atoms with van der Waals surface area (Å²) in [6.45, 7) is 2.60. The van der Waals surface area contributed by atoms with Crippen molar-refractivity contribution in [1.82, 2.24) is 14.8 Å². The third kappa shape index (κ3) is 3.23. The minimum Gasteiger partial charge on any atom is -0.356 e. The van der Waals surface area contributed by atoms with Crippen molar-refractivity contribution in [3.8, 4) is 0 Å². The van der Waals surface area contributed by atoms with E-state index < -0.39 is 6.04 Å². The number of amides is 2. The Labute approximate surface area is 192 Å². The Balaban J connectivity index is 1.46. The molecule has 0 radical (unpaired) electrons. The van der Waals surface area contributed by atoms with Crippen LogP contribution in [0, 0.1) is 6.92 Å². The monoisotopic (exact) mass is 435 g/mol. The fraction of sp³-hybridized carbons (Fsp3) is 0.214. The first-order valence-electron chi connectivity index (χ1n) is 11.4. The molecule has 3 heterocycles. The Morgan fingerprint density at radius 2 is 1.64 bits per heavy atom. The zero-order chi connectivity index (χ0) is 22.5. The third-order valence-corrected chi connectivity index (χ3v) is 6.95. The molecule has 5 nitrogen and oxygen atoms in total. The minimum atomic E-state index is -0.507. The van der Waals surface area contributed by atoms with Crippen LogP contribution in [-0.2, 0) is 22.6 Å². The first kappa shape index (κ1) is 19.8. The molecule has 0 unspecified atom stereocenters. The summed E-state index contributed by atoms with van der Waals surface area (Å²) >= 11 is 0. The fourth-order valence-electron chi connectivity index (χ4n) is 5.36. The van der Waals surface area contributed by atoms with E-state index >= 15 is 0 Å². The lowest BCUT2D eigenvalue weighted by atomic mass is 9.86.